The first-order chi connectivity index (χ1) is 10.1. The fraction of sp³-hybridized carbons (Fsp3) is 0.800. The van der Waals surface area contributed by atoms with Crippen molar-refractivity contribution in [3.05, 3.63) is 0 Å². The van der Waals surface area contributed by atoms with Crippen LogP contribution >= 0.6 is 0 Å². The normalized spacial score (nSPS) is 27.1. The minimum Gasteiger partial charge on any atom is -0.354 e. The lowest BCUT2D eigenvalue weighted by Crippen LogP contribution is -2.51. The number of carbonyl (C=O) groups is 3. The van der Waals surface area contributed by atoms with Gasteiger partial charge in [0, 0.05) is 43.9 Å². The average Bonchev–Trinajstić information content (AvgIpc) is 3.34. The zero-order valence-electron chi connectivity index (χ0n) is 12.3. The van der Waals surface area contributed by atoms with Crippen LogP contribution in [-0.2, 0) is 14.4 Å². The molecule has 0 aromatic carbocycles. The molecule has 1 saturated carbocycles. The molecule has 3 aliphatic rings. The van der Waals surface area contributed by atoms with Crippen LogP contribution in [0.5, 0.6) is 0 Å². The van der Waals surface area contributed by atoms with Crippen LogP contribution < -0.4 is 10.6 Å². The van der Waals surface area contributed by atoms with E-state index in [0.29, 0.717) is 26.1 Å². The predicted octanol–water partition coefficient (Wildman–Crippen LogP) is 0.0298. The Morgan fingerprint density at radius 3 is 2.33 bits per heavy atom. The highest BCUT2D eigenvalue weighted by Crippen LogP contribution is 2.32. The van der Waals surface area contributed by atoms with Crippen molar-refractivity contribution in [1.82, 2.24) is 15.5 Å². The fourth-order valence-electron chi connectivity index (χ4n) is 3.13. The van der Waals surface area contributed by atoms with Gasteiger partial charge < -0.3 is 15.5 Å². The Balaban J connectivity index is 1.42. The van der Waals surface area contributed by atoms with Crippen LogP contribution in [0.3, 0.4) is 0 Å². The summed E-state index contributed by atoms with van der Waals surface area (Å²) in [5.41, 5.74) is 0. The summed E-state index contributed by atoms with van der Waals surface area (Å²) in [5.74, 6) is 0.693. The highest BCUT2D eigenvalue weighted by molar-refractivity contribution is 5.83. The van der Waals surface area contributed by atoms with Crippen molar-refractivity contribution in [2.75, 3.05) is 19.6 Å². The van der Waals surface area contributed by atoms with Crippen molar-refractivity contribution < 1.29 is 14.4 Å². The molecule has 0 aromatic heterocycles. The molecule has 6 heteroatoms. The first kappa shape index (κ1) is 14.4. The zero-order valence-corrected chi connectivity index (χ0v) is 12.3. The molecular formula is C15H23N3O3. The lowest BCUT2D eigenvalue weighted by atomic mass is 9.94. The predicted molar refractivity (Wildman–Crippen MR) is 76.2 cm³/mol. The number of carbonyl (C=O) groups excluding carboxylic acids is 3. The maximum Gasteiger partial charge on any atom is 0.225 e. The number of hydrogen-bond acceptors (Lipinski definition) is 3. The van der Waals surface area contributed by atoms with E-state index in [9.17, 15) is 14.4 Å². The molecule has 1 atom stereocenters. The maximum absolute atomic E-state index is 12.2. The SMILES string of the molecule is O=C1CCC(NC(=O)C2CCN(C(=O)C3CC3)CC2)CN1. The van der Waals surface area contributed by atoms with E-state index >= 15 is 0 Å². The van der Waals surface area contributed by atoms with Crippen molar-refractivity contribution in [3.63, 3.8) is 0 Å². The van der Waals surface area contributed by atoms with Gasteiger partial charge in [0.2, 0.25) is 17.7 Å². The van der Waals surface area contributed by atoms with Gasteiger partial charge in [-0.1, -0.05) is 0 Å². The van der Waals surface area contributed by atoms with Crippen molar-refractivity contribution in [2.24, 2.45) is 11.8 Å². The van der Waals surface area contributed by atoms with Gasteiger partial charge in [-0.25, -0.2) is 0 Å². The van der Waals surface area contributed by atoms with Gasteiger partial charge in [0.25, 0.3) is 0 Å². The van der Waals surface area contributed by atoms with E-state index in [1.165, 1.54) is 0 Å². The second-order valence-corrected chi connectivity index (χ2v) is 6.42. The number of nitrogens with one attached hydrogen (secondary N) is 2. The summed E-state index contributed by atoms with van der Waals surface area (Å²) in [6, 6.07) is 0.0568. The van der Waals surface area contributed by atoms with E-state index in [1.807, 2.05) is 4.90 Å². The van der Waals surface area contributed by atoms with Crippen LogP contribution in [0.15, 0.2) is 0 Å². The second-order valence-electron chi connectivity index (χ2n) is 6.42. The zero-order chi connectivity index (χ0) is 14.8. The minimum absolute atomic E-state index is 0.00545. The standard InChI is InChI=1S/C15H23N3O3/c19-13-4-3-12(9-16-13)17-14(20)10-5-7-18(8-6-10)15(21)11-1-2-11/h10-12H,1-9H2,(H,16,19)(H,17,20). The van der Waals surface area contributed by atoms with Gasteiger partial charge in [-0.2, -0.15) is 0 Å². The highest BCUT2D eigenvalue weighted by atomic mass is 16.2. The number of nitrogens with zero attached hydrogens (tertiary/aromatic N) is 1. The third kappa shape index (κ3) is 3.54. The molecule has 2 N–H and O–H groups in total. The third-order valence-corrected chi connectivity index (χ3v) is 4.72. The minimum atomic E-state index is 0.00545. The van der Waals surface area contributed by atoms with Gasteiger partial charge in [0.15, 0.2) is 0 Å². The molecule has 1 aliphatic carbocycles. The molecule has 3 amide bonds. The Morgan fingerprint density at radius 1 is 1.05 bits per heavy atom. The summed E-state index contributed by atoms with van der Waals surface area (Å²) in [7, 11) is 0. The van der Waals surface area contributed by atoms with Crippen LogP contribution in [0.25, 0.3) is 0 Å². The van der Waals surface area contributed by atoms with E-state index in [2.05, 4.69) is 10.6 Å². The van der Waals surface area contributed by atoms with E-state index in [4.69, 9.17) is 0 Å². The average molecular weight is 293 g/mol. The third-order valence-electron chi connectivity index (χ3n) is 4.72. The van der Waals surface area contributed by atoms with Gasteiger partial charge in [-0.3, -0.25) is 14.4 Å². The fourth-order valence-corrected chi connectivity index (χ4v) is 3.13. The van der Waals surface area contributed by atoms with Gasteiger partial charge in [-0.05, 0) is 32.1 Å². The topological polar surface area (TPSA) is 78.5 Å². The Labute approximate surface area is 124 Å². The summed E-state index contributed by atoms with van der Waals surface area (Å²) in [6.07, 6.45) is 4.78. The number of piperidine rings is 2. The van der Waals surface area contributed by atoms with Gasteiger partial charge in [0.1, 0.15) is 0 Å². The number of amides is 3. The Kier molecular flexibility index (Phi) is 4.12. The summed E-state index contributed by atoms with van der Waals surface area (Å²) >= 11 is 0. The molecular weight excluding hydrogens is 270 g/mol. The maximum atomic E-state index is 12.2. The molecule has 1 unspecified atom stereocenters. The van der Waals surface area contributed by atoms with Crippen LogP contribution in [0, 0.1) is 11.8 Å². The van der Waals surface area contributed by atoms with Crippen LogP contribution in [0.1, 0.15) is 38.5 Å². The Morgan fingerprint density at radius 2 is 1.76 bits per heavy atom. The lowest BCUT2D eigenvalue weighted by Gasteiger charge is -2.33. The highest BCUT2D eigenvalue weighted by Gasteiger charge is 2.36. The molecule has 3 rings (SSSR count). The van der Waals surface area contributed by atoms with Crippen LogP contribution in [0.2, 0.25) is 0 Å². The van der Waals surface area contributed by atoms with E-state index in [-0.39, 0.29) is 35.6 Å². The summed E-state index contributed by atoms with van der Waals surface area (Å²) in [5, 5.41) is 5.81. The summed E-state index contributed by atoms with van der Waals surface area (Å²) in [4.78, 5) is 37.2. The molecule has 6 nitrogen and oxygen atoms in total. The molecule has 2 aliphatic heterocycles. The molecule has 0 aromatic rings. The van der Waals surface area contributed by atoms with E-state index < -0.39 is 0 Å². The van der Waals surface area contributed by atoms with Crippen molar-refractivity contribution in [2.45, 2.75) is 44.6 Å². The number of rotatable bonds is 3. The quantitative estimate of drug-likeness (QED) is 0.770. The Hall–Kier alpha value is -1.59. The molecule has 0 bridgehead atoms. The summed E-state index contributed by atoms with van der Waals surface area (Å²) in [6.45, 7) is 1.94. The van der Waals surface area contributed by atoms with Gasteiger partial charge >= 0.3 is 0 Å². The first-order valence-electron chi connectivity index (χ1n) is 7.99. The molecule has 21 heavy (non-hydrogen) atoms. The Bertz CT molecular complexity index is 429. The molecule has 0 radical (unpaired) electrons. The number of hydrogen-bond donors (Lipinski definition) is 2. The molecule has 116 valence electrons. The van der Waals surface area contributed by atoms with Crippen LogP contribution in [0.4, 0.5) is 0 Å². The molecule has 0 spiro atoms. The molecule has 3 fully saturated rings. The molecule has 2 heterocycles. The van der Waals surface area contributed by atoms with Gasteiger partial charge in [0.05, 0.1) is 0 Å². The summed E-state index contributed by atoms with van der Waals surface area (Å²) < 4.78 is 0. The van der Waals surface area contributed by atoms with Crippen molar-refractivity contribution in [3.8, 4) is 0 Å². The van der Waals surface area contributed by atoms with E-state index in [1.54, 1.807) is 0 Å². The van der Waals surface area contributed by atoms with E-state index in [0.717, 1.165) is 32.1 Å². The number of likely N-dealkylation sites (tertiary alicyclic amines) is 1. The van der Waals surface area contributed by atoms with Crippen molar-refractivity contribution >= 4 is 17.7 Å². The van der Waals surface area contributed by atoms with Crippen molar-refractivity contribution in [1.29, 1.82) is 0 Å². The van der Waals surface area contributed by atoms with Crippen LogP contribution in [-0.4, -0.2) is 48.3 Å². The molecule has 2 saturated heterocycles. The van der Waals surface area contributed by atoms with Gasteiger partial charge in [-0.15, -0.1) is 0 Å². The smallest absolute Gasteiger partial charge is 0.225 e. The first-order valence-corrected chi connectivity index (χ1v) is 7.99. The largest absolute Gasteiger partial charge is 0.354 e. The lowest BCUT2D eigenvalue weighted by molar-refractivity contribution is -0.137. The second kappa shape index (κ2) is 6.03. The monoisotopic (exact) mass is 293 g/mol.